The summed E-state index contributed by atoms with van der Waals surface area (Å²) in [4.78, 5) is 40.8. The van der Waals surface area contributed by atoms with E-state index in [0.29, 0.717) is 25.3 Å². The number of amides is 4. The van der Waals surface area contributed by atoms with Gasteiger partial charge in [-0.05, 0) is 50.7 Å². The molecule has 0 aromatic heterocycles. The first-order valence-corrected chi connectivity index (χ1v) is 9.50. The number of hydrogen-bond acceptors (Lipinski definition) is 3. The van der Waals surface area contributed by atoms with Crippen LogP contribution in [-0.2, 0) is 9.59 Å². The normalized spacial score (nSPS) is 25.5. The predicted molar refractivity (Wildman–Crippen MR) is 99.7 cm³/mol. The molecule has 2 fully saturated rings. The van der Waals surface area contributed by atoms with Gasteiger partial charge in [-0.25, -0.2) is 4.79 Å². The van der Waals surface area contributed by atoms with Gasteiger partial charge in [0.15, 0.2) is 0 Å². The Morgan fingerprint density at radius 1 is 1.19 bits per heavy atom. The Labute approximate surface area is 154 Å². The van der Waals surface area contributed by atoms with Crippen LogP contribution in [0.5, 0.6) is 0 Å². The molecule has 1 saturated heterocycles. The molecule has 6 nitrogen and oxygen atoms in total. The van der Waals surface area contributed by atoms with E-state index >= 15 is 0 Å². The molecule has 0 bridgehead atoms. The van der Waals surface area contributed by atoms with E-state index in [0.717, 1.165) is 29.8 Å². The van der Waals surface area contributed by atoms with Gasteiger partial charge in [0.2, 0.25) is 5.91 Å². The quantitative estimate of drug-likeness (QED) is 0.824. The van der Waals surface area contributed by atoms with Crippen LogP contribution in [0.4, 0.5) is 10.5 Å². The third-order valence-corrected chi connectivity index (χ3v) is 5.76. The predicted octanol–water partition coefficient (Wildman–Crippen LogP) is 2.93. The molecule has 2 aliphatic rings. The summed E-state index contributed by atoms with van der Waals surface area (Å²) in [5.41, 5.74) is -0.0301. The van der Waals surface area contributed by atoms with Crippen molar-refractivity contribution in [2.24, 2.45) is 5.92 Å². The van der Waals surface area contributed by atoms with E-state index in [-0.39, 0.29) is 18.4 Å². The maximum absolute atomic E-state index is 12.9. The molecular weight excluding hydrogens is 330 g/mol. The molecule has 1 saturated carbocycles. The highest BCUT2D eigenvalue weighted by molar-refractivity contribution is 6.10. The van der Waals surface area contributed by atoms with Gasteiger partial charge in [-0.1, -0.05) is 31.5 Å². The van der Waals surface area contributed by atoms with Gasteiger partial charge in [0.1, 0.15) is 12.1 Å². The number of rotatable bonds is 5. The van der Waals surface area contributed by atoms with Crippen LogP contribution < -0.4 is 10.2 Å². The summed E-state index contributed by atoms with van der Waals surface area (Å²) in [7, 11) is 0. The van der Waals surface area contributed by atoms with E-state index in [4.69, 9.17) is 0 Å². The average molecular weight is 357 g/mol. The fraction of sp³-hybridized carbons (Fsp3) is 0.550. The molecule has 4 amide bonds. The van der Waals surface area contributed by atoms with Gasteiger partial charge in [-0.3, -0.25) is 14.5 Å². The molecule has 0 unspecified atom stereocenters. The Bertz CT molecular complexity index is 681. The third-order valence-electron chi connectivity index (χ3n) is 5.76. The van der Waals surface area contributed by atoms with Crippen LogP contribution in [0.1, 0.15) is 46.0 Å². The number of hydrogen-bond donors (Lipinski definition) is 1. The number of urea groups is 1. The summed E-state index contributed by atoms with van der Waals surface area (Å²) in [5, 5.41) is 2.88. The van der Waals surface area contributed by atoms with Crippen molar-refractivity contribution < 1.29 is 14.4 Å². The third kappa shape index (κ3) is 3.32. The molecule has 1 N–H and O–H groups in total. The SMILES string of the molecule is CCC1CCC2(CC1)NC(=O)N(CC(=O)N(CC)c1ccccc1)C2=O. The molecule has 3 rings (SSSR count). The minimum absolute atomic E-state index is 0.216. The zero-order valence-electron chi connectivity index (χ0n) is 15.5. The molecule has 1 aromatic rings. The monoisotopic (exact) mass is 357 g/mol. The number of nitrogens with one attached hydrogen (secondary N) is 1. The van der Waals surface area contributed by atoms with Crippen LogP contribution in [0.25, 0.3) is 0 Å². The fourth-order valence-electron chi connectivity index (χ4n) is 4.07. The minimum atomic E-state index is -0.799. The van der Waals surface area contributed by atoms with Gasteiger partial charge in [0, 0.05) is 12.2 Å². The summed E-state index contributed by atoms with van der Waals surface area (Å²) in [5.74, 6) is 0.130. The van der Waals surface area contributed by atoms with Gasteiger partial charge in [0.25, 0.3) is 5.91 Å². The zero-order chi connectivity index (χ0) is 18.7. The maximum atomic E-state index is 12.9. The molecule has 26 heavy (non-hydrogen) atoms. The van der Waals surface area contributed by atoms with Crippen LogP contribution in [0.15, 0.2) is 30.3 Å². The summed E-state index contributed by atoms with van der Waals surface area (Å²) in [6.45, 7) is 4.30. The van der Waals surface area contributed by atoms with Crippen LogP contribution in [0.3, 0.4) is 0 Å². The topological polar surface area (TPSA) is 69.7 Å². The lowest BCUT2D eigenvalue weighted by Crippen LogP contribution is -2.50. The molecular formula is C20H27N3O3. The first-order chi connectivity index (χ1) is 12.5. The number of nitrogens with zero attached hydrogens (tertiary/aromatic N) is 2. The van der Waals surface area contributed by atoms with Gasteiger partial charge in [0.05, 0.1) is 0 Å². The first kappa shape index (κ1) is 18.4. The van der Waals surface area contributed by atoms with E-state index in [1.807, 2.05) is 37.3 Å². The lowest BCUT2D eigenvalue weighted by atomic mass is 9.75. The zero-order valence-corrected chi connectivity index (χ0v) is 15.5. The average Bonchev–Trinajstić information content (AvgIpc) is 2.88. The Balaban J connectivity index is 1.71. The molecule has 0 atom stereocenters. The van der Waals surface area contributed by atoms with E-state index in [1.54, 1.807) is 4.90 Å². The van der Waals surface area contributed by atoms with Gasteiger partial charge in [-0.15, -0.1) is 0 Å². The largest absolute Gasteiger partial charge is 0.325 e. The fourth-order valence-corrected chi connectivity index (χ4v) is 4.07. The number of likely N-dealkylation sites (N-methyl/N-ethyl adjacent to an activating group) is 1. The van der Waals surface area contributed by atoms with Crippen molar-refractivity contribution in [2.45, 2.75) is 51.5 Å². The molecule has 1 aliphatic carbocycles. The first-order valence-electron chi connectivity index (χ1n) is 9.50. The highest BCUT2D eigenvalue weighted by Crippen LogP contribution is 2.37. The van der Waals surface area contributed by atoms with E-state index < -0.39 is 11.6 Å². The van der Waals surface area contributed by atoms with Crippen molar-refractivity contribution in [3.8, 4) is 0 Å². The van der Waals surface area contributed by atoms with Crippen LogP contribution >= 0.6 is 0 Å². The number of anilines is 1. The lowest BCUT2D eigenvalue weighted by molar-refractivity contribution is -0.135. The van der Waals surface area contributed by atoms with Crippen molar-refractivity contribution >= 4 is 23.5 Å². The van der Waals surface area contributed by atoms with Gasteiger partial charge < -0.3 is 10.2 Å². The van der Waals surface area contributed by atoms with Crippen LogP contribution in [0, 0.1) is 5.92 Å². The second kappa shape index (κ2) is 7.48. The standard InChI is InChI=1S/C20H27N3O3/c1-3-15-10-12-20(13-11-15)18(25)23(19(26)21-20)14-17(24)22(4-2)16-8-6-5-7-9-16/h5-9,15H,3-4,10-14H2,1-2H3,(H,21,26). The highest BCUT2D eigenvalue weighted by Gasteiger charge is 2.52. The van der Waals surface area contributed by atoms with E-state index in [1.165, 1.54) is 0 Å². The van der Waals surface area contributed by atoms with Crippen molar-refractivity contribution in [3.63, 3.8) is 0 Å². The molecule has 0 radical (unpaired) electrons. The number of carbonyl (C=O) groups is 3. The smallest absolute Gasteiger partial charge is 0.323 e. The van der Waals surface area contributed by atoms with Crippen LogP contribution in [-0.4, -0.2) is 41.4 Å². The summed E-state index contributed by atoms with van der Waals surface area (Å²) in [6.07, 6.45) is 4.31. The van der Waals surface area contributed by atoms with Gasteiger partial charge in [-0.2, -0.15) is 0 Å². The Kier molecular flexibility index (Phi) is 5.30. The summed E-state index contributed by atoms with van der Waals surface area (Å²) in [6, 6.07) is 8.86. The Hall–Kier alpha value is -2.37. The molecule has 1 heterocycles. The molecule has 140 valence electrons. The Morgan fingerprint density at radius 3 is 2.42 bits per heavy atom. The van der Waals surface area contributed by atoms with E-state index in [2.05, 4.69) is 12.2 Å². The highest BCUT2D eigenvalue weighted by atomic mass is 16.2. The molecule has 1 aliphatic heterocycles. The molecule has 6 heteroatoms. The number of benzene rings is 1. The Morgan fingerprint density at radius 2 is 1.85 bits per heavy atom. The van der Waals surface area contributed by atoms with Crippen molar-refractivity contribution in [3.05, 3.63) is 30.3 Å². The number of carbonyl (C=O) groups excluding carboxylic acids is 3. The maximum Gasteiger partial charge on any atom is 0.325 e. The van der Waals surface area contributed by atoms with E-state index in [9.17, 15) is 14.4 Å². The minimum Gasteiger partial charge on any atom is -0.323 e. The van der Waals surface area contributed by atoms with Crippen molar-refractivity contribution in [2.75, 3.05) is 18.0 Å². The summed E-state index contributed by atoms with van der Waals surface area (Å²) < 4.78 is 0. The van der Waals surface area contributed by atoms with Crippen LogP contribution in [0.2, 0.25) is 0 Å². The second-order valence-corrected chi connectivity index (χ2v) is 7.23. The molecule has 1 aromatic carbocycles. The van der Waals surface area contributed by atoms with Crippen molar-refractivity contribution in [1.29, 1.82) is 0 Å². The number of imide groups is 1. The van der Waals surface area contributed by atoms with Gasteiger partial charge >= 0.3 is 6.03 Å². The lowest BCUT2D eigenvalue weighted by Gasteiger charge is -2.34. The van der Waals surface area contributed by atoms with Crippen molar-refractivity contribution in [1.82, 2.24) is 10.2 Å². The molecule has 1 spiro atoms. The summed E-state index contributed by atoms with van der Waals surface area (Å²) >= 11 is 0. The second-order valence-electron chi connectivity index (χ2n) is 7.23. The number of para-hydroxylation sites is 1.